The molecule has 18 heavy (non-hydrogen) atoms. The molecule has 0 heterocycles. The minimum Gasteiger partial charge on any atom is -0.494 e. The van der Waals surface area contributed by atoms with E-state index in [-0.39, 0.29) is 5.41 Å². The molecule has 1 aromatic rings. The minimum absolute atomic E-state index is 0.0903. The van der Waals surface area contributed by atoms with Gasteiger partial charge in [0.1, 0.15) is 5.75 Å². The molecular weight excluding hydrogens is 244 g/mol. The van der Waals surface area contributed by atoms with Gasteiger partial charge in [0.2, 0.25) is 0 Å². The fourth-order valence-electron chi connectivity index (χ4n) is 1.55. The first kappa shape index (κ1) is 15.4. The second-order valence-corrected chi connectivity index (χ2v) is 7.52. The fourth-order valence-corrected chi connectivity index (χ4v) is 1.78. The van der Waals surface area contributed by atoms with Gasteiger partial charge in [-0.1, -0.05) is 53.1 Å². The van der Waals surface area contributed by atoms with E-state index in [1.165, 1.54) is 5.56 Å². The Morgan fingerprint density at radius 3 is 2.11 bits per heavy atom. The largest absolute Gasteiger partial charge is 0.494 e. The average molecular weight is 269 g/mol. The highest BCUT2D eigenvalue weighted by atomic mass is 35.5. The van der Waals surface area contributed by atoms with Crippen molar-refractivity contribution in [2.75, 3.05) is 6.61 Å². The van der Waals surface area contributed by atoms with Gasteiger partial charge in [-0.2, -0.15) is 0 Å². The second kappa shape index (κ2) is 5.52. The highest BCUT2D eigenvalue weighted by Gasteiger charge is 2.16. The van der Waals surface area contributed by atoms with Crippen LogP contribution in [-0.4, -0.2) is 6.61 Å². The number of halogens is 1. The van der Waals surface area contributed by atoms with E-state index in [9.17, 15) is 0 Å². The number of ether oxygens (including phenoxy) is 1. The summed E-state index contributed by atoms with van der Waals surface area (Å²) in [7, 11) is 0. The highest BCUT2D eigenvalue weighted by Crippen LogP contribution is 2.30. The first-order chi connectivity index (χ1) is 8.08. The normalized spacial score (nSPS) is 12.6. The predicted octanol–water partition coefficient (Wildman–Crippen LogP) is 5.45. The zero-order chi connectivity index (χ0) is 14.0. The molecule has 0 aliphatic carbocycles. The summed E-state index contributed by atoms with van der Waals surface area (Å²) in [5.41, 5.74) is 1.60. The molecule has 0 radical (unpaired) electrons. The summed E-state index contributed by atoms with van der Waals surface area (Å²) in [6.45, 7) is 13.9. The van der Waals surface area contributed by atoms with Crippen LogP contribution < -0.4 is 4.74 Å². The Labute approximate surface area is 116 Å². The lowest BCUT2D eigenvalue weighted by atomic mass is 9.87. The Morgan fingerprint density at radius 2 is 1.61 bits per heavy atom. The van der Waals surface area contributed by atoms with E-state index in [1.54, 1.807) is 0 Å². The number of benzene rings is 1. The summed E-state index contributed by atoms with van der Waals surface area (Å²) in [6.07, 6.45) is 1.03. The van der Waals surface area contributed by atoms with Gasteiger partial charge in [0.25, 0.3) is 0 Å². The summed E-state index contributed by atoms with van der Waals surface area (Å²) in [6, 6.07) is 5.99. The van der Waals surface area contributed by atoms with Gasteiger partial charge in [0.15, 0.2) is 0 Å². The van der Waals surface area contributed by atoms with Crippen LogP contribution in [0.5, 0.6) is 5.75 Å². The van der Waals surface area contributed by atoms with E-state index >= 15 is 0 Å². The minimum atomic E-state index is 0.0903. The van der Waals surface area contributed by atoms with Crippen LogP contribution in [0, 0.1) is 5.41 Å². The molecule has 0 atom stereocenters. The third kappa shape index (κ3) is 5.30. The average Bonchev–Trinajstić information content (AvgIpc) is 2.13. The summed E-state index contributed by atoms with van der Waals surface area (Å²) >= 11 is 6.14. The molecule has 0 saturated carbocycles. The molecule has 1 nitrogen and oxygen atoms in total. The molecule has 0 saturated heterocycles. The van der Waals surface area contributed by atoms with Crippen LogP contribution in [0.15, 0.2) is 18.2 Å². The third-order valence-electron chi connectivity index (χ3n) is 2.86. The maximum absolute atomic E-state index is 6.14. The van der Waals surface area contributed by atoms with E-state index in [2.05, 4.69) is 47.6 Å². The molecule has 0 amide bonds. The van der Waals surface area contributed by atoms with Gasteiger partial charge in [-0.3, -0.25) is 0 Å². The van der Waals surface area contributed by atoms with Crippen molar-refractivity contribution in [2.45, 2.75) is 53.4 Å². The van der Waals surface area contributed by atoms with E-state index in [4.69, 9.17) is 16.3 Å². The highest BCUT2D eigenvalue weighted by molar-refractivity contribution is 6.30. The third-order valence-corrected chi connectivity index (χ3v) is 3.08. The van der Waals surface area contributed by atoms with Gasteiger partial charge in [-0.05, 0) is 41.0 Å². The van der Waals surface area contributed by atoms with Crippen molar-refractivity contribution in [3.05, 3.63) is 28.8 Å². The molecule has 0 unspecified atom stereocenters. The number of hydrogen-bond donors (Lipinski definition) is 0. The van der Waals surface area contributed by atoms with Crippen molar-refractivity contribution in [2.24, 2.45) is 5.41 Å². The van der Waals surface area contributed by atoms with Gasteiger partial charge in [-0.15, -0.1) is 0 Å². The summed E-state index contributed by atoms with van der Waals surface area (Å²) in [4.78, 5) is 0. The lowest BCUT2D eigenvalue weighted by Gasteiger charge is -2.21. The monoisotopic (exact) mass is 268 g/mol. The Kier molecular flexibility index (Phi) is 4.72. The van der Waals surface area contributed by atoms with Gasteiger partial charge in [0, 0.05) is 5.02 Å². The molecule has 0 aromatic heterocycles. The zero-order valence-electron chi connectivity index (χ0n) is 12.4. The topological polar surface area (TPSA) is 9.23 Å². The number of hydrogen-bond acceptors (Lipinski definition) is 1. The van der Waals surface area contributed by atoms with Gasteiger partial charge in [-0.25, -0.2) is 0 Å². The summed E-state index contributed by atoms with van der Waals surface area (Å²) in [5.74, 6) is 0.872. The van der Waals surface area contributed by atoms with Crippen molar-refractivity contribution in [1.82, 2.24) is 0 Å². The molecule has 0 aliphatic heterocycles. The van der Waals surface area contributed by atoms with E-state index in [0.29, 0.717) is 5.41 Å². The molecule has 2 heteroatoms. The van der Waals surface area contributed by atoms with Gasteiger partial charge in [0.05, 0.1) is 6.61 Å². The van der Waals surface area contributed by atoms with Crippen LogP contribution in [0.3, 0.4) is 0 Å². The van der Waals surface area contributed by atoms with Crippen molar-refractivity contribution in [1.29, 1.82) is 0 Å². The van der Waals surface area contributed by atoms with E-state index in [1.807, 2.05) is 12.1 Å². The van der Waals surface area contributed by atoms with Crippen LogP contribution >= 0.6 is 11.6 Å². The predicted molar refractivity (Wildman–Crippen MR) is 79.7 cm³/mol. The second-order valence-electron chi connectivity index (χ2n) is 7.08. The molecular formula is C16H25ClO. The lowest BCUT2D eigenvalue weighted by molar-refractivity contribution is 0.242. The fraction of sp³-hybridized carbons (Fsp3) is 0.625. The lowest BCUT2D eigenvalue weighted by Crippen LogP contribution is -2.13. The molecule has 102 valence electrons. The summed E-state index contributed by atoms with van der Waals surface area (Å²) < 4.78 is 5.81. The Hall–Kier alpha value is -0.690. The van der Waals surface area contributed by atoms with Crippen LogP contribution in [0.1, 0.15) is 53.5 Å². The smallest absolute Gasteiger partial charge is 0.121 e. The van der Waals surface area contributed by atoms with E-state index < -0.39 is 0 Å². The number of rotatable bonds is 3. The SMILES string of the molecule is CC(C)(C)CCOc1cc(Cl)cc(C(C)(C)C)c1. The Balaban J connectivity index is 2.75. The van der Waals surface area contributed by atoms with E-state index in [0.717, 1.165) is 23.8 Å². The first-order valence-corrected chi connectivity index (χ1v) is 6.90. The maximum atomic E-state index is 6.14. The quantitative estimate of drug-likeness (QED) is 0.708. The zero-order valence-corrected chi connectivity index (χ0v) is 13.2. The standard InChI is InChI=1S/C16H25ClO/c1-15(2,3)7-8-18-14-10-12(16(4,5)6)9-13(17)11-14/h9-11H,7-8H2,1-6H3. The molecule has 1 aromatic carbocycles. The van der Waals surface area contributed by atoms with Crippen LogP contribution in [0.2, 0.25) is 5.02 Å². The van der Waals surface area contributed by atoms with Gasteiger partial charge < -0.3 is 4.74 Å². The molecule has 0 aliphatic rings. The molecule has 0 spiro atoms. The van der Waals surface area contributed by atoms with Crippen molar-refractivity contribution in [3.63, 3.8) is 0 Å². The maximum Gasteiger partial charge on any atom is 0.121 e. The molecule has 0 fully saturated rings. The van der Waals surface area contributed by atoms with Crippen molar-refractivity contribution < 1.29 is 4.74 Å². The molecule has 1 rings (SSSR count). The van der Waals surface area contributed by atoms with Crippen LogP contribution in [0.25, 0.3) is 0 Å². The molecule has 0 bridgehead atoms. The first-order valence-electron chi connectivity index (χ1n) is 6.52. The van der Waals surface area contributed by atoms with Crippen molar-refractivity contribution in [3.8, 4) is 5.75 Å². The summed E-state index contributed by atoms with van der Waals surface area (Å²) in [5, 5.41) is 0.744. The molecule has 0 N–H and O–H groups in total. The van der Waals surface area contributed by atoms with Crippen LogP contribution in [-0.2, 0) is 5.41 Å². The van der Waals surface area contributed by atoms with Crippen molar-refractivity contribution >= 4 is 11.6 Å². The van der Waals surface area contributed by atoms with Gasteiger partial charge >= 0.3 is 0 Å². The Morgan fingerprint density at radius 1 is 1.00 bits per heavy atom. The van der Waals surface area contributed by atoms with Crippen LogP contribution in [0.4, 0.5) is 0 Å². The Bertz CT molecular complexity index is 397.